The first-order valence-electron chi connectivity index (χ1n) is 16.5. The number of likely N-dealkylation sites (tertiary alicyclic amines) is 2. The van der Waals surface area contributed by atoms with Crippen LogP contribution in [0.15, 0.2) is 6.33 Å². The van der Waals surface area contributed by atoms with Crippen molar-refractivity contribution < 1.29 is 19.1 Å². The quantitative estimate of drug-likeness (QED) is 0.406. The highest BCUT2D eigenvalue weighted by Crippen LogP contribution is 2.44. The highest BCUT2D eigenvalue weighted by molar-refractivity contribution is 5.96. The zero-order valence-corrected chi connectivity index (χ0v) is 26.7. The summed E-state index contributed by atoms with van der Waals surface area (Å²) in [5.41, 5.74) is 1.83. The molecule has 9 nitrogen and oxygen atoms in total. The normalized spacial score (nSPS) is 28.1. The Balaban J connectivity index is 1.19. The fourth-order valence-electron chi connectivity index (χ4n) is 8.22. The third kappa shape index (κ3) is 6.47. The Morgan fingerprint density at radius 1 is 1.07 bits per heavy atom. The molecule has 3 atom stereocenters. The molecule has 1 unspecified atom stereocenters. The Kier molecular flexibility index (Phi) is 9.77. The van der Waals surface area contributed by atoms with Gasteiger partial charge in [-0.05, 0) is 65.2 Å². The zero-order valence-electron chi connectivity index (χ0n) is 26.7. The molecule has 0 aromatic carbocycles. The molecule has 1 saturated carbocycles. The number of aryl methyl sites for hydroxylation is 2. The number of hydrogen-bond acceptors (Lipinski definition) is 7. The summed E-state index contributed by atoms with van der Waals surface area (Å²) >= 11 is 0. The molecule has 0 N–H and O–H groups in total. The molecule has 1 spiro atoms. The van der Waals surface area contributed by atoms with Gasteiger partial charge in [0.05, 0.1) is 23.1 Å². The molecule has 3 saturated heterocycles. The van der Waals surface area contributed by atoms with E-state index in [9.17, 15) is 9.59 Å². The molecule has 2 amide bonds. The van der Waals surface area contributed by atoms with Gasteiger partial charge < -0.3 is 19.3 Å². The Labute approximate surface area is 252 Å². The van der Waals surface area contributed by atoms with Crippen molar-refractivity contribution in [3.8, 4) is 0 Å². The maximum Gasteiger partial charge on any atom is 0.410 e. The van der Waals surface area contributed by atoms with Gasteiger partial charge in [0.25, 0.3) is 5.91 Å². The van der Waals surface area contributed by atoms with Crippen molar-refractivity contribution in [3.05, 3.63) is 23.3 Å². The van der Waals surface area contributed by atoms with E-state index >= 15 is 0 Å². The number of carbonyl (C=O) groups is 2. The van der Waals surface area contributed by atoms with Crippen LogP contribution < -0.4 is 0 Å². The van der Waals surface area contributed by atoms with Crippen LogP contribution in [0.2, 0.25) is 0 Å². The summed E-state index contributed by atoms with van der Waals surface area (Å²) in [5.74, 6) is 0.929. The molecule has 4 aliphatic rings. The fraction of sp³-hybridized carbons (Fsp3) is 0.818. The molecular weight excluding hydrogens is 530 g/mol. The van der Waals surface area contributed by atoms with Gasteiger partial charge in [-0.25, -0.2) is 14.8 Å². The highest BCUT2D eigenvalue weighted by Gasteiger charge is 2.51. The van der Waals surface area contributed by atoms with E-state index in [1.807, 2.05) is 30.8 Å². The van der Waals surface area contributed by atoms with Crippen LogP contribution in [0.4, 0.5) is 4.79 Å². The van der Waals surface area contributed by atoms with Crippen LogP contribution in [0.3, 0.4) is 0 Å². The summed E-state index contributed by atoms with van der Waals surface area (Å²) in [4.78, 5) is 41.9. The third-order valence-electron chi connectivity index (χ3n) is 11.1. The molecule has 234 valence electrons. The van der Waals surface area contributed by atoms with Crippen LogP contribution in [-0.4, -0.2) is 100 Å². The minimum atomic E-state index is -0.351. The SMILES string of the molecule is CCCCC1CN(C[C@H]2CCC[C@H](OC)C2)C(=O)OC12CCN(C1(C)CCN(C(=O)c3c(C)ncnc3C)CC1)CC2. The van der Waals surface area contributed by atoms with Crippen LogP contribution in [0, 0.1) is 25.7 Å². The maximum absolute atomic E-state index is 13.4. The van der Waals surface area contributed by atoms with Crippen molar-refractivity contribution in [1.82, 2.24) is 24.7 Å². The number of rotatable bonds is 8. The van der Waals surface area contributed by atoms with E-state index in [4.69, 9.17) is 9.47 Å². The second-order valence-electron chi connectivity index (χ2n) is 13.8. The molecule has 0 radical (unpaired) electrons. The molecule has 4 heterocycles. The van der Waals surface area contributed by atoms with Gasteiger partial charge in [-0.3, -0.25) is 9.69 Å². The van der Waals surface area contributed by atoms with Gasteiger partial charge in [0.1, 0.15) is 11.9 Å². The van der Waals surface area contributed by atoms with E-state index in [0.717, 1.165) is 102 Å². The Morgan fingerprint density at radius 2 is 1.76 bits per heavy atom. The number of unbranched alkanes of at least 4 members (excludes halogenated alkanes) is 1. The van der Waals surface area contributed by atoms with Crippen LogP contribution in [-0.2, 0) is 9.47 Å². The lowest BCUT2D eigenvalue weighted by Gasteiger charge is -2.55. The van der Waals surface area contributed by atoms with Gasteiger partial charge in [-0.1, -0.05) is 26.2 Å². The number of aromatic nitrogens is 2. The minimum Gasteiger partial charge on any atom is -0.442 e. The summed E-state index contributed by atoms with van der Waals surface area (Å²) < 4.78 is 12.1. The van der Waals surface area contributed by atoms with Crippen molar-refractivity contribution in [3.63, 3.8) is 0 Å². The van der Waals surface area contributed by atoms with Crippen molar-refractivity contribution in [1.29, 1.82) is 0 Å². The lowest BCUT2D eigenvalue weighted by atomic mass is 9.74. The predicted octanol–water partition coefficient (Wildman–Crippen LogP) is 5.39. The van der Waals surface area contributed by atoms with Crippen LogP contribution in [0.5, 0.6) is 0 Å². The fourth-order valence-corrected chi connectivity index (χ4v) is 8.22. The maximum atomic E-state index is 13.4. The van der Waals surface area contributed by atoms with Gasteiger partial charge in [0, 0.05) is 70.7 Å². The largest absolute Gasteiger partial charge is 0.442 e. The van der Waals surface area contributed by atoms with Gasteiger partial charge in [0.2, 0.25) is 0 Å². The molecule has 5 rings (SSSR count). The van der Waals surface area contributed by atoms with Crippen LogP contribution in [0.25, 0.3) is 0 Å². The first kappa shape index (κ1) is 31.2. The summed E-state index contributed by atoms with van der Waals surface area (Å²) in [6.45, 7) is 13.3. The summed E-state index contributed by atoms with van der Waals surface area (Å²) in [6, 6.07) is 0. The first-order valence-corrected chi connectivity index (χ1v) is 16.5. The first-order chi connectivity index (χ1) is 20.2. The van der Waals surface area contributed by atoms with Crippen molar-refractivity contribution in [2.75, 3.05) is 46.4 Å². The third-order valence-corrected chi connectivity index (χ3v) is 11.1. The molecular formula is C33H53N5O4. The molecule has 3 aliphatic heterocycles. The van der Waals surface area contributed by atoms with Crippen LogP contribution >= 0.6 is 0 Å². The van der Waals surface area contributed by atoms with E-state index in [1.54, 1.807) is 0 Å². The standard InChI is InChI=1S/C33H53N5O4/c1-6-7-10-27-22-37(21-26-9-8-11-28(20-26)41-5)31(40)42-33(27)14-18-38(19-15-33)32(4)12-16-36(17-13-32)30(39)29-24(2)34-23-35-25(29)3/h23,26-28H,6-22H2,1-5H3/t26-,27?,28-/m0/s1. The monoisotopic (exact) mass is 583 g/mol. The number of ether oxygens (including phenoxy) is 2. The molecule has 1 aromatic heterocycles. The van der Waals surface area contributed by atoms with Crippen molar-refractivity contribution in [2.45, 2.75) is 116 Å². The lowest BCUT2D eigenvalue weighted by Crippen LogP contribution is -2.64. The molecule has 0 bridgehead atoms. The Bertz CT molecular complexity index is 1080. The van der Waals surface area contributed by atoms with Crippen molar-refractivity contribution in [2.24, 2.45) is 11.8 Å². The molecule has 9 heteroatoms. The zero-order chi connectivity index (χ0) is 29.9. The molecule has 4 fully saturated rings. The average molecular weight is 584 g/mol. The number of hydrogen-bond donors (Lipinski definition) is 0. The summed E-state index contributed by atoms with van der Waals surface area (Å²) in [5, 5.41) is 0. The Morgan fingerprint density at radius 3 is 2.40 bits per heavy atom. The average Bonchev–Trinajstić information content (AvgIpc) is 2.98. The Hall–Kier alpha value is -2.26. The van der Waals surface area contributed by atoms with E-state index in [-0.39, 0.29) is 23.1 Å². The molecule has 1 aromatic rings. The number of methoxy groups -OCH3 is 1. The van der Waals surface area contributed by atoms with Crippen LogP contribution in [0.1, 0.15) is 106 Å². The van der Waals surface area contributed by atoms with E-state index in [0.29, 0.717) is 23.5 Å². The van der Waals surface area contributed by atoms with Crippen molar-refractivity contribution >= 4 is 12.0 Å². The summed E-state index contributed by atoms with van der Waals surface area (Å²) in [7, 11) is 1.81. The summed E-state index contributed by atoms with van der Waals surface area (Å²) in [6.07, 6.45) is 13.4. The predicted molar refractivity (Wildman–Crippen MR) is 162 cm³/mol. The molecule has 42 heavy (non-hydrogen) atoms. The number of amides is 2. The van der Waals surface area contributed by atoms with E-state index < -0.39 is 0 Å². The lowest BCUT2D eigenvalue weighted by molar-refractivity contribution is -0.135. The number of carbonyl (C=O) groups excluding carboxylic acids is 2. The topological polar surface area (TPSA) is 88.1 Å². The molecule has 1 aliphatic carbocycles. The van der Waals surface area contributed by atoms with Gasteiger partial charge in [0.15, 0.2) is 0 Å². The minimum absolute atomic E-state index is 0.0398. The smallest absolute Gasteiger partial charge is 0.410 e. The van der Waals surface area contributed by atoms with Gasteiger partial charge in [-0.15, -0.1) is 0 Å². The number of piperidine rings is 2. The van der Waals surface area contributed by atoms with E-state index in [2.05, 4.69) is 28.7 Å². The highest BCUT2D eigenvalue weighted by atomic mass is 16.6. The second kappa shape index (κ2) is 13.2. The van der Waals surface area contributed by atoms with Gasteiger partial charge in [-0.2, -0.15) is 0 Å². The number of nitrogens with zero attached hydrogens (tertiary/aromatic N) is 5. The van der Waals surface area contributed by atoms with Gasteiger partial charge >= 0.3 is 6.09 Å². The van der Waals surface area contributed by atoms with E-state index in [1.165, 1.54) is 25.6 Å². The second-order valence-corrected chi connectivity index (χ2v) is 13.8.